The van der Waals surface area contributed by atoms with Crippen molar-refractivity contribution in [3.63, 3.8) is 0 Å². The van der Waals surface area contributed by atoms with Crippen LogP contribution >= 0.6 is 11.6 Å². The molecule has 19 heavy (non-hydrogen) atoms. The van der Waals surface area contributed by atoms with Gasteiger partial charge in [0.2, 0.25) is 0 Å². The van der Waals surface area contributed by atoms with E-state index in [4.69, 9.17) is 11.6 Å². The first-order valence-corrected chi connectivity index (χ1v) is 6.72. The highest BCUT2D eigenvalue weighted by Crippen LogP contribution is 2.24. The molecule has 0 radical (unpaired) electrons. The molecule has 1 N–H and O–H groups in total. The van der Waals surface area contributed by atoms with Gasteiger partial charge in [-0.15, -0.1) is 0 Å². The maximum absolute atomic E-state index is 14.0. The molecular formula is C16H17ClFN. The molecule has 100 valence electrons. The van der Waals surface area contributed by atoms with Gasteiger partial charge in [-0.05, 0) is 29.3 Å². The van der Waals surface area contributed by atoms with Crippen molar-refractivity contribution < 1.29 is 4.39 Å². The van der Waals surface area contributed by atoms with E-state index < -0.39 is 0 Å². The highest BCUT2D eigenvalue weighted by Gasteiger charge is 2.06. The Kier molecular flexibility index (Phi) is 4.56. The van der Waals surface area contributed by atoms with E-state index in [2.05, 4.69) is 5.32 Å². The predicted octanol–water partition coefficient (Wildman–Crippen LogP) is 4.64. The molecule has 0 bridgehead atoms. The molecule has 0 atom stereocenters. The summed E-state index contributed by atoms with van der Waals surface area (Å²) in [4.78, 5) is 0. The minimum absolute atomic E-state index is 0.189. The lowest BCUT2D eigenvalue weighted by atomic mass is 10.0. The summed E-state index contributed by atoms with van der Waals surface area (Å²) in [5.41, 5.74) is 2.45. The van der Waals surface area contributed by atoms with Gasteiger partial charge in [-0.1, -0.05) is 49.7 Å². The van der Waals surface area contributed by atoms with Crippen molar-refractivity contribution in [3.05, 3.63) is 58.9 Å². The second kappa shape index (κ2) is 6.18. The molecule has 2 aromatic carbocycles. The van der Waals surface area contributed by atoms with Crippen molar-refractivity contribution in [2.45, 2.75) is 26.4 Å². The lowest BCUT2D eigenvalue weighted by Crippen LogP contribution is -2.22. The summed E-state index contributed by atoms with van der Waals surface area (Å²) in [6.07, 6.45) is 0. The molecule has 0 aliphatic rings. The van der Waals surface area contributed by atoms with E-state index in [9.17, 15) is 4.39 Å². The summed E-state index contributed by atoms with van der Waals surface area (Å²) < 4.78 is 14.0. The van der Waals surface area contributed by atoms with Crippen LogP contribution in [-0.4, -0.2) is 6.04 Å². The predicted molar refractivity (Wildman–Crippen MR) is 78.8 cm³/mol. The van der Waals surface area contributed by atoms with Crippen molar-refractivity contribution >= 4 is 11.6 Å². The van der Waals surface area contributed by atoms with Gasteiger partial charge in [-0.25, -0.2) is 4.39 Å². The molecule has 0 aliphatic heterocycles. The first-order valence-electron chi connectivity index (χ1n) is 6.34. The van der Waals surface area contributed by atoms with Crippen molar-refractivity contribution in [2.24, 2.45) is 0 Å². The fourth-order valence-electron chi connectivity index (χ4n) is 1.85. The van der Waals surface area contributed by atoms with Gasteiger partial charge in [-0.2, -0.15) is 0 Å². The second-order valence-electron chi connectivity index (χ2n) is 4.85. The minimum Gasteiger partial charge on any atom is -0.310 e. The summed E-state index contributed by atoms with van der Waals surface area (Å²) in [5, 5.41) is 3.87. The molecule has 0 aliphatic carbocycles. The van der Waals surface area contributed by atoms with Crippen LogP contribution in [0.3, 0.4) is 0 Å². The lowest BCUT2D eigenvalue weighted by molar-refractivity contribution is 0.553. The molecule has 0 saturated heterocycles. The van der Waals surface area contributed by atoms with E-state index in [0.717, 1.165) is 11.1 Å². The smallest absolute Gasteiger partial charge is 0.128 e. The molecule has 1 nitrogen and oxygen atoms in total. The van der Waals surface area contributed by atoms with E-state index in [0.29, 0.717) is 23.2 Å². The third-order valence-corrected chi connectivity index (χ3v) is 3.15. The highest BCUT2D eigenvalue weighted by molar-refractivity contribution is 6.30. The van der Waals surface area contributed by atoms with Crippen molar-refractivity contribution in [1.29, 1.82) is 0 Å². The summed E-state index contributed by atoms with van der Waals surface area (Å²) in [5.74, 6) is -0.189. The van der Waals surface area contributed by atoms with Gasteiger partial charge in [-0.3, -0.25) is 0 Å². The summed E-state index contributed by atoms with van der Waals surface area (Å²) in [6.45, 7) is 4.62. The van der Waals surface area contributed by atoms with Crippen LogP contribution in [0, 0.1) is 5.82 Å². The number of rotatable bonds is 4. The van der Waals surface area contributed by atoms with Crippen LogP contribution in [0.2, 0.25) is 5.02 Å². The average molecular weight is 278 g/mol. The van der Waals surface area contributed by atoms with Gasteiger partial charge < -0.3 is 5.32 Å². The molecule has 0 amide bonds. The fraction of sp³-hybridized carbons (Fsp3) is 0.250. The molecular weight excluding hydrogens is 261 g/mol. The van der Waals surface area contributed by atoms with Gasteiger partial charge in [0.05, 0.1) is 0 Å². The van der Waals surface area contributed by atoms with E-state index >= 15 is 0 Å². The number of hydrogen-bond acceptors (Lipinski definition) is 1. The van der Waals surface area contributed by atoms with Crippen molar-refractivity contribution in [1.82, 2.24) is 5.32 Å². The molecule has 0 spiro atoms. The number of benzene rings is 2. The third kappa shape index (κ3) is 3.79. The van der Waals surface area contributed by atoms with Crippen LogP contribution in [0.15, 0.2) is 42.5 Å². The first-order chi connectivity index (χ1) is 9.06. The van der Waals surface area contributed by atoms with Gasteiger partial charge in [0, 0.05) is 23.2 Å². The molecule has 2 aromatic rings. The van der Waals surface area contributed by atoms with Crippen molar-refractivity contribution in [3.8, 4) is 11.1 Å². The van der Waals surface area contributed by atoms with Gasteiger partial charge in [0.15, 0.2) is 0 Å². The van der Waals surface area contributed by atoms with E-state index in [1.807, 2.05) is 50.2 Å². The van der Waals surface area contributed by atoms with Gasteiger partial charge in [0.1, 0.15) is 5.82 Å². The monoisotopic (exact) mass is 277 g/mol. The number of halogens is 2. The zero-order valence-corrected chi connectivity index (χ0v) is 11.8. The molecule has 0 saturated carbocycles. The summed E-state index contributed by atoms with van der Waals surface area (Å²) >= 11 is 5.95. The van der Waals surface area contributed by atoms with Crippen LogP contribution in [0.25, 0.3) is 11.1 Å². The Hall–Kier alpha value is -1.38. The van der Waals surface area contributed by atoms with Gasteiger partial charge >= 0.3 is 0 Å². The Bertz CT molecular complexity index is 566. The SMILES string of the molecule is CC(C)NCc1ccc(-c2cccc(Cl)c2)cc1F. The normalized spacial score (nSPS) is 11.0. The molecule has 0 heterocycles. The Morgan fingerprint density at radius 1 is 1.11 bits per heavy atom. The Balaban J connectivity index is 2.23. The number of hydrogen-bond donors (Lipinski definition) is 1. The lowest BCUT2D eigenvalue weighted by Gasteiger charge is -2.10. The van der Waals surface area contributed by atoms with Gasteiger partial charge in [0.25, 0.3) is 0 Å². The molecule has 0 aromatic heterocycles. The Morgan fingerprint density at radius 3 is 2.47 bits per heavy atom. The highest BCUT2D eigenvalue weighted by atomic mass is 35.5. The summed E-state index contributed by atoms with van der Waals surface area (Å²) in [7, 11) is 0. The standard InChI is InChI=1S/C16H17ClFN/c1-11(2)19-10-14-7-6-13(9-16(14)18)12-4-3-5-15(17)8-12/h3-9,11,19H,10H2,1-2H3. The number of nitrogens with one attached hydrogen (secondary N) is 1. The molecule has 0 fully saturated rings. The Labute approximate surface area is 118 Å². The first kappa shape index (κ1) is 14.0. The second-order valence-corrected chi connectivity index (χ2v) is 5.29. The topological polar surface area (TPSA) is 12.0 Å². The molecule has 2 rings (SSSR count). The largest absolute Gasteiger partial charge is 0.310 e. The van der Waals surface area contributed by atoms with Crippen molar-refractivity contribution in [2.75, 3.05) is 0 Å². The Morgan fingerprint density at radius 2 is 1.84 bits per heavy atom. The van der Waals surface area contributed by atoms with Crippen LogP contribution in [0.5, 0.6) is 0 Å². The van der Waals surface area contributed by atoms with Crippen LogP contribution in [0.4, 0.5) is 4.39 Å². The summed E-state index contributed by atoms with van der Waals surface area (Å²) in [6, 6.07) is 13.1. The average Bonchev–Trinajstić information content (AvgIpc) is 2.37. The third-order valence-electron chi connectivity index (χ3n) is 2.91. The van der Waals surface area contributed by atoms with E-state index in [-0.39, 0.29) is 5.82 Å². The molecule has 0 unspecified atom stereocenters. The van der Waals surface area contributed by atoms with E-state index in [1.165, 1.54) is 0 Å². The zero-order valence-electron chi connectivity index (χ0n) is 11.1. The maximum atomic E-state index is 14.0. The van der Waals surface area contributed by atoms with E-state index in [1.54, 1.807) is 6.07 Å². The zero-order chi connectivity index (χ0) is 13.8. The van der Waals surface area contributed by atoms with Crippen LogP contribution in [-0.2, 0) is 6.54 Å². The van der Waals surface area contributed by atoms with Crippen LogP contribution in [0.1, 0.15) is 19.4 Å². The maximum Gasteiger partial charge on any atom is 0.128 e. The molecule has 3 heteroatoms. The fourth-order valence-corrected chi connectivity index (χ4v) is 2.04. The quantitative estimate of drug-likeness (QED) is 0.858. The van der Waals surface area contributed by atoms with Crippen LogP contribution < -0.4 is 5.32 Å². The minimum atomic E-state index is -0.189.